The van der Waals surface area contributed by atoms with Gasteiger partial charge >= 0.3 is 0 Å². The van der Waals surface area contributed by atoms with Gasteiger partial charge in [0, 0.05) is 0 Å². The molecule has 1 unspecified atom stereocenters. The van der Waals surface area contributed by atoms with Gasteiger partial charge in [-0.25, -0.2) is 0 Å². The van der Waals surface area contributed by atoms with Crippen LogP contribution in [0.5, 0.6) is 5.75 Å². The Morgan fingerprint density at radius 2 is 2.20 bits per heavy atom. The van der Waals surface area contributed by atoms with E-state index in [2.05, 4.69) is 40.6 Å². The third-order valence-electron chi connectivity index (χ3n) is 4.11. The molecule has 0 saturated carbocycles. The van der Waals surface area contributed by atoms with E-state index in [1.54, 1.807) is 7.11 Å². The van der Waals surface area contributed by atoms with Gasteiger partial charge in [-0.2, -0.15) is 5.10 Å². The predicted octanol–water partition coefficient (Wildman–Crippen LogP) is 3.52. The molecule has 3 rings (SSSR count). The number of aromatic nitrogens is 2. The van der Waals surface area contributed by atoms with Crippen molar-refractivity contribution >= 4 is 5.69 Å². The lowest BCUT2D eigenvalue weighted by molar-refractivity contribution is 0.413. The van der Waals surface area contributed by atoms with E-state index in [1.165, 1.54) is 17.5 Å². The molecule has 1 aromatic heterocycles. The Morgan fingerprint density at radius 1 is 1.35 bits per heavy atom. The molecule has 2 N–H and O–H groups in total. The van der Waals surface area contributed by atoms with E-state index in [0.29, 0.717) is 6.04 Å². The average Bonchev–Trinajstić information content (AvgIpc) is 2.79. The molecule has 4 nitrogen and oxygen atoms in total. The van der Waals surface area contributed by atoms with Crippen LogP contribution in [0.25, 0.3) is 0 Å². The highest BCUT2D eigenvalue weighted by Gasteiger charge is 2.22. The highest BCUT2D eigenvalue weighted by molar-refractivity contribution is 5.54. The maximum atomic E-state index is 5.36. The number of H-pyrrole nitrogens is 1. The number of rotatable bonds is 3. The van der Waals surface area contributed by atoms with Crippen LogP contribution in [0.4, 0.5) is 5.69 Å². The number of aromatic amines is 1. The molecule has 0 amide bonds. The molecule has 1 aliphatic rings. The minimum Gasteiger partial charge on any atom is -0.497 e. The molecule has 106 valence electrons. The zero-order chi connectivity index (χ0) is 14.1. The second-order valence-corrected chi connectivity index (χ2v) is 5.46. The third kappa shape index (κ3) is 2.26. The summed E-state index contributed by atoms with van der Waals surface area (Å²) in [6, 6.07) is 6.74. The predicted molar refractivity (Wildman–Crippen MR) is 80.4 cm³/mol. The summed E-state index contributed by atoms with van der Waals surface area (Å²) in [4.78, 5) is 0. The number of nitrogens with one attached hydrogen (secondary N) is 2. The van der Waals surface area contributed by atoms with Gasteiger partial charge in [-0.1, -0.05) is 6.07 Å². The lowest BCUT2D eigenvalue weighted by Crippen LogP contribution is -2.18. The summed E-state index contributed by atoms with van der Waals surface area (Å²) in [5, 5.41) is 11.0. The lowest BCUT2D eigenvalue weighted by atomic mass is 9.87. The molecule has 20 heavy (non-hydrogen) atoms. The molecule has 0 spiro atoms. The fourth-order valence-electron chi connectivity index (χ4n) is 2.99. The standard InChI is InChI=1S/C16H21N3O/c1-10-16(11(2)19-18-10)17-15-6-4-5-12-7-8-13(20-3)9-14(12)15/h7-9,15,17H,4-6H2,1-3H3,(H,18,19). The van der Waals surface area contributed by atoms with Gasteiger partial charge in [0.25, 0.3) is 0 Å². The second kappa shape index (κ2) is 5.19. The number of fused-ring (bicyclic) bond motifs is 1. The van der Waals surface area contributed by atoms with Crippen LogP contribution >= 0.6 is 0 Å². The number of hydrogen-bond donors (Lipinski definition) is 2. The first-order chi connectivity index (χ1) is 9.69. The van der Waals surface area contributed by atoms with Gasteiger partial charge in [0.2, 0.25) is 0 Å². The van der Waals surface area contributed by atoms with Gasteiger partial charge in [0.15, 0.2) is 0 Å². The van der Waals surface area contributed by atoms with Crippen molar-refractivity contribution in [3.63, 3.8) is 0 Å². The van der Waals surface area contributed by atoms with E-state index in [4.69, 9.17) is 4.74 Å². The van der Waals surface area contributed by atoms with Crippen LogP contribution in [0, 0.1) is 13.8 Å². The van der Waals surface area contributed by atoms with E-state index in [9.17, 15) is 0 Å². The second-order valence-electron chi connectivity index (χ2n) is 5.46. The quantitative estimate of drug-likeness (QED) is 0.898. The number of nitrogens with zero attached hydrogens (tertiary/aromatic N) is 1. The minimum atomic E-state index is 0.337. The van der Waals surface area contributed by atoms with E-state index in [0.717, 1.165) is 35.7 Å². The molecule has 0 aliphatic heterocycles. The number of hydrogen-bond acceptors (Lipinski definition) is 3. The van der Waals surface area contributed by atoms with Crippen molar-refractivity contribution in [2.75, 3.05) is 12.4 Å². The van der Waals surface area contributed by atoms with Gasteiger partial charge in [0.05, 0.1) is 30.2 Å². The van der Waals surface area contributed by atoms with Gasteiger partial charge in [-0.3, -0.25) is 5.10 Å². The van der Waals surface area contributed by atoms with Crippen LogP contribution in [-0.4, -0.2) is 17.3 Å². The molecular formula is C16H21N3O. The topological polar surface area (TPSA) is 49.9 Å². The summed E-state index contributed by atoms with van der Waals surface area (Å²) in [7, 11) is 1.72. The van der Waals surface area contributed by atoms with Gasteiger partial charge in [0.1, 0.15) is 5.75 Å². The maximum Gasteiger partial charge on any atom is 0.119 e. The number of ether oxygens (including phenoxy) is 1. The summed E-state index contributed by atoms with van der Waals surface area (Å²) >= 11 is 0. The Balaban J connectivity index is 1.93. The molecule has 1 aliphatic carbocycles. The molecule has 0 radical (unpaired) electrons. The van der Waals surface area contributed by atoms with Gasteiger partial charge < -0.3 is 10.1 Å². The smallest absolute Gasteiger partial charge is 0.119 e. The Bertz CT molecular complexity index is 599. The number of anilines is 1. The van der Waals surface area contributed by atoms with Gasteiger partial charge in [-0.05, 0) is 56.4 Å². The third-order valence-corrected chi connectivity index (χ3v) is 4.11. The summed E-state index contributed by atoms with van der Waals surface area (Å²) in [5.41, 5.74) is 6.03. The van der Waals surface area contributed by atoms with Crippen molar-refractivity contribution in [2.45, 2.75) is 39.2 Å². The molecule has 2 aromatic rings. The first-order valence-corrected chi connectivity index (χ1v) is 7.14. The van der Waals surface area contributed by atoms with Gasteiger partial charge in [-0.15, -0.1) is 0 Å². The zero-order valence-electron chi connectivity index (χ0n) is 12.3. The highest BCUT2D eigenvalue weighted by atomic mass is 16.5. The summed E-state index contributed by atoms with van der Waals surface area (Å²) in [6.07, 6.45) is 3.51. The van der Waals surface area contributed by atoms with E-state index < -0.39 is 0 Å². The highest BCUT2D eigenvalue weighted by Crippen LogP contribution is 2.35. The number of aryl methyl sites for hydroxylation is 3. The maximum absolute atomic E-state index is 5.36. The first-order valence-electron chi connectivity index (χ1n) is 7.14. The van der Waals surface area contributed by atoms with E-state index in [-0.39, 0.29) is 0 Å². The molecule has 1 heterocycles. The monoisotopic (exact) mass is 271 g/mol. The van der Waals surface area contributed by atoms with E-state index >= 15 is 0 Å². The molecular weight excluding hydrogens is 250 g/mol. The van der Waals surface area contributed by atoms with Crippen LogP contribution in [0.2, 0.25) is 0 Å². The van der Waals surface area contributed by atoms with Crippen molar-refractivity contribution < 1.29 is 4.74 Å². The minimum absolute atomic E-state index is 0.337. The first kappa shape index (κ1) is 13.0. The molecule has 1 atom stereocenters. The van der Waals surface area contributed by atoms with Crippen LogP contribution < -0.4 is 10.1 Å². The normalized spacial score (nSPS) is 17.6. The van der Waals surface area contributed by atoms with Crippen molar-refractivity contribution in [3.8, 4) is 5.75 Å². The SMILES string of the molecule is COc1ccc2c(c1)C(Nc1c(C)n[nH]c1C)CCC2. The molecule has 0 saturated heterocycles. The molecule has 4 heteroatoms. The Morgan fingerprint density at radius 3 is 2.90 bits per heavy atom. The summed E-state index contributed by atoms with van der Waals surface area (Å²) in [6.45, 7) is 4.08. The largest absolute Gasteiger partial charge is 0.497 e. The van der Waals surface area contributed by atoms with Crippen LogP contribution in [-0.2, 0) is 6.42 Å². The van der Waals surface area contributed by atoms with E-state index in [1.807, 2.05) is 6.92 Å². The average molecular weight is 271 g/mol. The van der Waals surface area contributed by atoms with Crippen molar-refractivity contribution in [2.24, 2.45) is 0 Å². The Labute approximate surface area is 119 Å². The van der Waals surface area contributed by atoms with Crippen molar-refractivity contribution in [3.05, 3.63) is 40.7 Å². The fourth-order valence-corrected chi connectivity index (χ4v) is 2.99. The Kier molecular flexibility index (Phi) is 3.38. The number of methoxy groups -OCH3 is 1. The lowest BCUT2D eigenvalue weighted by Gasteiger charge is -2.27. The van der Waals surface area contributed by atoms with Crippen molar-refractivity contribution in [1.82, 2.24) is 10.2 Å². The Hall–Kier alpha value is -1.97. The zero-order valence-corrected chi connectivity index (χ0v) is 12.3. The molecule has 0 fully saturated rings. The van der Waals surface area contributed by atoms with Crippen LogP contribution in [0.1, 0.15) is 41.4 Å². The van der Waals surface area contributed by atoms with Crippen LogP contribution in [0.15, 0.2) is 18.2 Å². The summed E-state index contributed by atoms with van der Waals surface area (Å²) in [5.74, 6) is 0.929. The van der Waals surface area contributed by atoms with Crippen molar-refractivity contribution in [1.29, 1.82) is 0 Å². The number of benzene rings is 1. The summed E-state index contributed by atoms with van der Waals surface area (Å²) < 4.78 is 5.36. The molecule has 1 aromatic carbocycles. The fraction of sp³-hybridized carbons (Fsp3) is 0.438. The molecule has 0 bridgehead atoms. The van der Waals surface area contributed by atoms with Crippen LogP contribution in [0.3, 0.4) is 0 Å².